The summed E-state index contributed by atoms with van der Waals surface area (Å²) in [7, 11) is 1.21. The van der Waals surface area contributed by atoms with Gasteiger partial charge in [0, 0.05) is 7.11 Å². The van der Waals surface area contributed by atoms with Crippen molar-refractivity contribution in [2.45, 2.75) is 99.0 Å². The molecule has 0 unspecified atom stereocenters. The lowest BCUT2D eigenvalue weighted by Crippen LogP contribution is -2.67. The van der Waals surface area contributed by atoms with Gasteiger partial charge in [0.05, 0.1) is 19.3 Å². The first-order valence-corrected chi connectivity index (χ1v) is 10.8. The third kappa shape index (κ3) is 5.39. The van der Waals surface area contributed by atoms with E-state index in [-0.39, 0.29) is 0 Å². The van der Waals surface area contributed by atoms with Crippen LogP contribution in [0.25, 0.3) is 0 Å². The number of hydrogen-bond donors (Lipinski definition) is 9. The van der Waals surface area contributed by atoms with Gasteiger partial charge in [-0.1, -0.05) is 0 Å². The van der Waals surface area contributed by atoms with Crippen LogP contribution in [0.1, 0.15) is 6.92 Å². The van der Waals surface area contributed by atoms with Crippen LogP contribution in [0.2, 0.25) is 0 Å². The number of hydrogen-bond acceptors (Lipinski definition) is 15. The van der Waals surface area contributed by atoms with Gasteiger partial charge in [-0.15, -0.1) is 0 Å². The van der Waals surface area contributed by atoms with Crippen LogP contribution in [0.4, 0.5) is 0 Å². The maximum absolute atomic E-state index is 10.8. The zero-order valence-corrected chi connectivity index (χ0v) is 18.5. The van der Waals surface area contributed by atoms with E-state index in [1.807, 2.05) is 0 Å². The summed E-state index contributed by atoms with van der Waals surface area (Å²) >= 11 is 0. The summed E-state index contributed by atoms with van der Waals surface area (Å²) in [5.74, 6) is 0. The van der Waals surface area contributed by atoms with E-state index in [0.717, 1.165) is 0 Å². The summed E-state index contributed by atoms with van der Waals surface area (Å²) < 4.78 is 32.7. The molecule has 0 amide bonds. The third-order valence-corrected chi connectivity index (χ3v) is 6.27. The molecule has 0 aromatic heterocycles. The Bertz CT molecular complexity index is 639. The predicted octanol–water partition coefficient (Wildman–Crippen LogP) is -5.89. The molecule has 9 N–H and O–H groups in total. The maximum Gasteiger partial charge on any atom is 0.187 e. The lowest BCUT2D eigenvalue weighted by Gasteiger charge is -2.48. The highest BCUT2D eigenvalue weighted by molar-refractivity contribution is 4.96. The number of rotatable bonds is 7. The minimum absolute atomic E-state index is 0.685. The fraction of sp³-hybridized carbons (Fsp3) is 1.00. The van der Waals surface area contributed by atoms with Gasteiger partial charge in [0.1, 0.15) is 67.1 Å². The van der Waals surface area contributed by atoms with Gasteiger partial charge < -0.3 is 74.4 Å². The summed E-state index contributed by atoms with van der Waals surface area (Å²) in [6, 6.07) is 0. The van der Waals surface area contributed by atoms with Crippen LogP contribution in [-0.4, -0.2) is 158 Å². The Morgan fingerprint density at radius 3 is 1.62 bits per heavy atom. The van der Waals surface area contributed by atoms with Crippen molar-refractivity contribution in [2.24, 2.45) is 0 Å². The van der Waals surface area contributed by atoms with Crippen LogP contribution in [0.15, 0.2) is 0 Å². The molecule has 0 spiro atoms. The fourth-order valence-electron chi connectivity index (χ4n) is 4.17. The zero-order valence-electron chi connectivity index (χ0n) is 18.5. The summed E-state index contributed by atoms with van der Waals surface area (Å²) in [5, 5.41) is 90.7. The molecule has 0 aromatic carbocycles. The van der Waals surface area contributed by atoms with E-state index >= 15 is 0 Å². The number of aliphatic hydroxyl groups excluding tert-OH is 9. The molecular formula is C19H34O15. The van der Waals surface area contributed by atoms with Gasteiger partial charge in [0.2, 0.25) is 0 Å². The molecule has 3 rings (SSSR count). The van der Waals surface area contributed by atoms with Crippen molar-refractivity contribution in [3.63, 3.8) is 0 Å². The van der Waals surface area contributed by atoms with E-state index in [2.05, 4.69) is 0 Å². The van der Waals surface area contributed by atoms with Crippen molar-refractivity contribution >= 4 is 0 Å². The third-order valence-electron chi connectivity index (χ3n) is 6.27. The molecule has 0 aliphatic carbocycles. The molecule has 3 saturated heterocycles. The van der Waals surface area contributed by atoms with Crippen molar-refractivity contribution in [1.82, 2.24) is 0 Å². The smallest absolute Gasteiger partial charge is 0.187 e. The molecule has 15 heteroatoms. The lowest BCUT2D eigenvalue weighted by molar-refractivity contribution is -0.384. The molecule has 15 atom stereocenters. The van der Waals surface area contributed by atoms with Gasteiger partial charge in [-0.2, -0.15) is 0 Å². The van der Waals surface area contributed by atoms with Crippen molar-refractivity contribution in [1.29, 1.82) is 0 Å². The van der Waals surface area contributed by atoms with Crippen LogP contribution in [0, 0.1) is 0 Å². The highest BCUT2D eigenvalue weighted by atomic mass is 16.8. The van der Waals surface area contributed by atoms with Gasteiger partial charge >= 0.3 is 0 Å². The quantitative estimate of drug-likeness (QED) is 0.157. The Morgan fingerprint density at radius 2 is 1.06 bits per heavy atom. The molecule has 3 heterocycles. The second kappa shape index (κ2) is 11.6. The Morgan fingerprint density at radius 1 is 0.559 bits per heavy atom. The first-order valence-electron chi connectivity index (χ1n) is 10.8. The fourth-order valence-corrected chi connectivity index (χ4v) is 4.17. The molecule has 200 valence electrons. The Balaban J connectivity index is 1.86. The second-order valence-electron chi connectivity index (χ2n) is 8.53. The lowest BCUT2D eigenvalue weighted by atomic mass is 9.96. The molecule has 0 saturated carbocycles. The molecule has 15 nitrogen and oxygen atoms in total. The SMILES string of the molecule is CO[C@H]1O[C@H](CO)[C@H](O[C@@H]2O[C@@H](C)[C@@H](O)[C@@H](O)[C@@H]2O)[C@H](O[C@@H]2O[C@H](CO)[C@@H](O)[C@H](O)[C@H]2O)[C@H]1O. The van der Waals surface area contributed by atoms with Gasteiger partial charge in [-0.3, -0.25) is 0 Å². The minimum atomic E-state index is -1.81. The van der Waals surface area contributed by atoms with Crippen molar-refractivity contribution < 1.29 is 74.4 Å². The maximum atomic E-state index is 10.8. The summed E-state index contributed by atoms with van der Waals surface area (Å²) in [6.07, 6.45) is -22.6. The molecule has 0 bridgehead atoms. The molecule has 3 aliphatic rings. The number of ether oxygens (including phenoxy) is 6. The van der Waals surface area contributed by atoms with Gasteiger partial charge in [-0.25, -0.2) is 0 Å². The van der Waals surface area contributed by atoms with E-state index in [1.54, 1.807) is 0 Å². The largest absolute Gasteiger partial charge is 0.394 e. The monoisotopic (exact) mass is 502 g/mol. The second-order valence-corrected chi connectivity index (χ2v) is 8.53. The first-order chi connectivity index (χ1) is 16.0. The van der Waals surface area contributed by atoms with Crippen molar-refractivity contribution in [3.05, 3.63) is 0 Å². The number of aliphatic hydroxyl groups is 9. The van der Waals surface area contributed by atoms with Crippen molar-refractivity contribution in [2.75, 3.05) is 20.3 Å². The zero-order chi connectivity index (χ0) is 25.3. The highest BCUT2D eigenvalue weighted by Crippen LogP contribution is 2.33. The van der Waals surface area contributed by atoms with E-state index in [0.29, 0.717) is 0 Å². The molecule has 3 fully saturated rings. The minimum Gasteiger partial charge on any atom is -0.394 e. The van der Waals surface area contributed by atoms with Crippen LogP contribution < -0.4 is 0 Å². The molecule has 3 aliphatic heterocycles. The van der Waals surface area contributed by atoms with Crippen LogP contribution in [-0.2, 0) is 28.4 Å². The van der Waals surface area contributed by atoms with Crippen molar-refractivity contribution in [3.8, 4) is 0 Å². The average Bonchev–Trinajstić information content (AvgIpc) is 2.83. The normalized spacial score (nSPS) is 52.5. The Hall–Kier alpha value is -0.600. The standard InChI is InChI=1S/C19H34O15/c1-5-8(22)10(24)12(26)18(30-5)33-15-7(4-21)32-17(29-2)14(28)16(15)34-19-13(27)11(25)9(23)6(3-20)31-19/h5-28H,3-4H2,1-2H3/t5-,6+,7+,8+,9+,10+,11-,12-,13+,14+,15-,16+,17-,18-,19-/m0/s1. The number of methoxy groups -OCH3 is 1. The molecule has 0 aromatic rings. The highest BCUT2D eigenvalue weighted by Gasteiger charge is 2.53. The Kier molecular flexibility index (Phi) is 9.57. The van der Waals surface area contributed by atoms with Crippen LogP contribution in [0.5, 0.6) is 0 Å². The van der Waals surface area contributed by atoms with Gasteiger partial charge in [-0.05, 0) is 6.92 Å². The van der Waals surface area contributed by atoms with E-state index in [9.17, 15) is 46.0 Å². The Labute approximate surface area is 194 Å². The van der Waals surface area contributed by atoms with Crippen LogP contribution >= 0.6 is 0 Å². The van der Waals surface area contributed by atoms with Crippen LogP contribution in [0.3, 0.4) is 0 Å². The van der Waals surface area contributed by atoms with Gasteiger partial charge in [0.15, 0.2) is 18.9 Å². The van der Waals surface area contributed by atoms with E-state index in [1.165, 1.54) is 14.0 Å². The van der Waals surface area contributed by atoms with E-state index in [4.69, 9.17) is 28.4 Å². The van der Waals surface area contributed by atoms with Gasteiger partial charge in [0.25, 0.3) is 0 Å². The molecule has 34 heavy (non-hydrogen) atoms. The predicted molar refractivity (Wildman–Crippen MR) is 105 cm³/mol. The average molecular weight is 502 g/mol. The summed E-state index contributed by atoms with van der Waals surface area (Å²) in [4.78, 5) is 0. The summed E-state index contributed by atoms with van der Waals surface area (Å²) in [5.41, 5.74) is 0. The molecule has 0 radical (unpaired) electrons. The molecular weight excluding hydrogens is 468 g/mol. The first kappa shape index (κ1) is 28.0. The topological polar surface area (TPSA) is 237 Å². The van der Waals surface area contributed by atoms with E-state index < -0.39 is 105 Å². The summed E-state index contributed by atoms with van der Waals surface area (Å²) in [6.45, 7) is 0.0192.